The van der Waals surface area contributed by atoms with Crippen molar-refractivity contribution in [1.29, 1.82) is 0 Å². The minimum absolute atomic E-state index is 0.349. The number of rotatable bonds is 3. The van der Waals surface area contributed by atoms with E-state index < -0.39 is 36.4 Å². The monoisotopic (exact) mass is 376 g/mol. The molecule has 9 heteroatoms. The van der Waals surface area contributed by atoms with Gasteiger partial charge in [0.25, 0.3) is 5.92 Å². The van der Waals surface area contributed by atoms with Gasteiger partial charge in [0.2, 0.25) is 5.91 Å². The lowest BCUT2D eigenvalue weighted by Crippen LogP contribution is -2.59. The molecule has 0 atom stereocenters. The maximum absolute atomic E-state index is 13.5. The lowest BCUT2D eigenvalue weighted by atomic mass is 10.1. The largest absolute Gasteiger partial charge is 0.330 e. The van der Waals surface area contributed by atoms with Crippen LogP contribution in [0, 0.1) is 5.82 Å². The number of carbonyl (C=O) groups excluding carboxylic acids is 1. The van der Waals surface area contributed by atoms with Gasteiger partial charge in [-0.1, -0.05) is 12.1 Å². The summed E-state index contributed by atoms with van der Waals surface area (Å²) in [6.45, 7) is -1.64. The Balaban J connectivity index is 1.73. The SMILES string of the molecule is Cn1c(=O)n(CC(=O)N2CC(F)(F)C2)c2cc(-c3cccc(F)c3)cnc21. The van der Waals surface area contributed by atoms with Crippen molar-refractivity contribution in [2.45, 2.75) is 12.5 Å². The van der Waals surface area contributed by atoms with Crippen LogP contribution < -0.4 is 5.69 Å². The molecule has 140 valence electrons. The van der Waals surface area contributed by atoms with Gasteiger partial charge in [0.15, 0.2) is 5.65 Å². The molecule has 0 radical (unpaired) electrons. The first-order chi connectivity index (χ1) is 12.7. The van der Waals surface area contributed by atoms with Crippen LogP contribution in [0.2, 0.25) is 0 Å². The molecule has 3 heterocycles. The fourth-order valence-corrected chi connectivity index (χ4v) is 3.18. The van der Waals surface area contributed by atoms with Crippen LogP contribution in [-0.2, 0) is 18.4 Å². The van der Waals surface area contributed by atoms with Crippen molar-refractivity contribution < 1.29 is 18.0 Å². The van der Waals surface area contributed by atoms with Gasteiger partial charge in [0.1, 0.15) is 12.4 Å². The third-order valence-electron chi connectivity index (χ3n) is 4.62. The van der Waals surface area contributed by atoms with Gasteiger partial charge in [-0.15, -0.1) is 0 Å². The Morgan fingerprint density at radius 2 is 1.96 bits per heavy atom. The Bertz CT molecular complexity index is 1110. The molecule has 3 aromatic rings. The number of pyridine rings is 1. The second-order valence-electron chi connectivity index (χ2n) is 6.61. The van der Waals surface area contributed by atoms with Crippen molar-refractivity contribution in [3.8, 4) is 11.1 Å². The van der Waals surface area contributed by atoms with Crippen molar-refractivity contribution in [2.24, 2.45) is 7.05 Å². The summed E-state index contributed by atoms with van der Waals surface area (Å²) in [6.07, 6.45) is 1.51. The van der Waals surface area contributed by atoms with Gasteiger partial charge in [-0.05, 0) is 23.8 Å². The maximum Gasteiger partial charge on any atom is 0.330 e. The summed E-state index contributed by atoms with van der Waals surface area (Å²) in [7, 11) is 1.51. The number of benzene rings is 1. The maximum atomic E-state index is 13.5. The fraction of sp³-hybridized carbons (Fsp3) is 0.278. The number of halogens is 3. The molecule has 0 aliphatic carbocycles. The molecule has 0 N–H and O–H groups in total. The van der Waals surface area contributed by atoms with Gasteiger partial charge in [-0.25, -0.2) is 22.9 Å². The summed E-state index contributed by atoms with van der Waals surface area (Å²) in [6, 6.07) is 7.54. The number of nitrogens with zero attached hydrogens (tertiary/aromatic N) is 4. The van der Waals surface area contributed by atoms with Crippen molar-refractivity contribution in [3.63, 3.8) is 0 Å². The highest BCUT2D eigenvalue weighted by Crippen LogP contribution is 2.27. The predicted molar refractivity (Wildman–Crippen MR) is 91.9 cm³/mol. The molecular weight excluding hydrogens is 361 g/mol. The topological polar surface area (TPSA) is 60.1 Å². The van der Waals surface area contributed by atoms with E-state index in [1.165, 1.54) is 34.5 Å². The fourth-order valence-electron chi connectivity index (χ4n) is 3.18. The molecule has 27 heavy (non-hydrogen) atoms. The summed E-state index contributed by atoms with van der Waals surface area (Å²) in [5.41, 5.74) is 1.39. The van der Waals surface area contributed by atoms with Crippen LogP contribution in [0.25, 0.3) is 22.3 Å². The lowest BCUT2D eigenvalue weighted by Gasteiger charge is -2.38. The zero-order valence-corrected chi connectivity index (χ0v) is 14.3. The molecule has 1 saturated heterocycles. The second-order valence-corrected chi connectivity index (χ2v) is 6.61. The van der Waals surface area contributed by atoms with E-state index in [1.807, 2.05) is 0 Å². The Labute approximate surface area is 151 Å². The molecule has 0 unspecified atom stereocenters. The first-order valence-corrected chi connectivity index (χ1v) is 8.22. The first kappa shape index (κ1) is 17.3. The van der Waals surface area contributed by atoms with Crippen LogP contribution in [0.3, 0.4) is 0 Å². The number of aryl methyl sites for hydroxylation is 1. The number of amides is 1. The molecule has 4 rings (SSSR count). The van der Waals surface area contributed by atoms with Crippen LogP contribution in [0.4, 0.5) is 13.2 Å². The second kappa shape index (κ2) is 5.97. The minimum atomic E-state index is -2.87. The molecular formula is C18H15F3N4O2. The van der Waals surface area contributed by atoms with Crippen molar-refractivity contribution in [1.82, 2.24) is 19.0 Å². The van der Waals surface area contributed by atoms with Gasteiger partial charge in [0.05, 0.1) is 18.6 Å². The van der Waals surface area contributed by atoms with Crippen molar-refractivity contribution in [3.05, 3.63) is 52.8 Å². The zero-order chi connectivity index (χ0) is 19.3. The van der Waals surface area contributed by atoms with Gasteiger partial charge < -0.3 is 4.90 Å². The molecule has 6 nitrogen and oxygen atoms in total. The van der Waals surface area contributed by atoms with Crippen LogP contribution in [0.1, 0.15) is 0 Å². The molecule has 2 aromatic heterocycles. The number of carbonyl (C=O) groups is 1. The van der Waals surface area contributed by atoms with Crippen LogP contribution >= 0.6 is 0 Å². The molecule has 1 aliphatic rings. The highest BCUT2D eigenvalue weighted by Gasteiger charge is 2.46. The number of hydrogen-bond donors (Lipinski definition) is 0. The molecule has 1 aromatic carbocycles. The quantitative estimate of drug-likeness (QED) is 0.703. The zero-order valence-electron chi connectivity index (χ0n) is 14.3. The summed E-state index contributed by atoms with van der Waals surface area (Å²) in [4.78, 5) is 30.0. The highest BCUT2D eigenvalue weighted by atomic mass is 19.3. The van der Waals surface area contributed by atoms with Crippen molar-refractivity contribution in [2.75, 3.05) is 13.1 Å². The van der Waals surface area contributed by atoms with Crippen LogP contribution in [0.5, 0.6) is 0 Å². The Morgan fingerprint density at radius 1 is 1.22 bits per heavy atom. The van der Waals surface area contributed by atoms with E-state index >= 15 is 0 Å². The van der Waals surface area contributed by atoms with E-state index in [-0.39, 0.29) is 6.54 Å². The van der Waals surface area contributed by atoms with Crippen molar-refractivity contribution >= 4 is 17.1 Å². The molecule has 0 saturated carbocycles. The molecule has 0 bridgehead atoms. The summed E-state index contributed by atoms with van der Waals surface area (Å²) < 4.78 is 42.0. The number of alkyl halides is 2. The van der Waals surface area contributed by atoms with E-state index in [0.717, 1.165) is 4.90 Å². The van der Waals surface area contributed by atoms with E-state index in [1.54, 1.807) is 18.2 Å². The smallest absolute Gasteiger partial charge is 0.329 e. The van der Waals surface area contributed by atoms with E-state index in [2.05, 4.69) is 4.98 Å². The van der Waals surface area contributed by atoms with E-state index in [9.17, 15) is 22.8 Å². The number of aromatic nitrogens is 3. The minimum Gasteiger partial charge on any atom is -0.329 e. The number of hydrogen-bond acceptors (Lipinski definition) is 3. The van der Waals surface area contributed by atoms with Gasteiger partial charge >= 0.3 is 5.69 Å². The van der Waals surface area contributed by atoms with Gasteiger partial charge in [-0.3, -0.25) is 13.9 Å². The number of fused-ring (bicyclic) bond motifs is 1. The Kier molecular flexibility index (Phi) is 3.83. The van der Waals surface area contributed by atoms with Crippen LogP contribution in [-0.4, -0.2) is 43.9 Å². The third kappa shape index (κ3) is 2.98. The number of likely N-dealkylation sites (tertiary alicyclic amines) is 1. The molecule has 1 aliphatic heterocycles. The lowest BCUT2D eigenvalue weighted by molar-refractivity contribution is -0.166. The third-order valence-corrected chi connectivity index (χ3v) is 4.62. The number of imidazole rings is 1. The molecule has 0 spiro atoms. The Hall–Kier alpha value is -3.10. The summed E-state index contributed by atoms with van der Waals surface area (Å²) in [5.74, 6) is -3.84. The summed E-state index contributed by atoms with van der Waals surface area (Å²) >= 11 is 0. The predicted octanol–water partition coefficient (Wildman–Crippen LogP) is 2.02. The molecule has 1 fully saturated rings. The average Bonchev–Trinajstić information content (AvgIpc) is 2.84. The van der Waals surface area contributed by atoms with Gasteiger partial charge in [-0.2, -0.15) is 0 Å². The van der Waals surface area contributed by atoms with E-state index in [4.69, 9.17) is 0 Å². The standard InChI is InChI=1S/C18H15F3N4O2/c1-23-16-14(6-12(7-22-16)11-3-2-4-13(19)5-11)25(17(23)27)8-15(26)24-9-18(20,21)10-24/h2-7H,8-10H2,1H3. The van der Waals surface area contributed by atoms with Crippen LogP contribution in [0.15, 0.2) is 41.3 Å². The average molecular weight is 376 g/mol. The Morgan fingerprint density at radius 3 is 2.63 bits per heavy atom. The normalized spacial score (nSPS) is 15.8. The van der Waals surface area contributed by atoms with E-state index in [0.29, 0.717) is 22.3 Å². The first-order valence-electron chi connectivity index (χ1n) is 8.22. The van der Waals surface area contributed by atoms with Gasteiger partial charge in [0, 0.05) is 18.8 Å². The molecule has 1 amide bonds. The highest BCUT2D eigenvalue weighted by molar-refractivity contribution is 5.82. The summed E-state index contributed by atoms with van der Waals surface area (Å²) in [5, 5.41) is 0.